The zero-order valence-electron chi connectivity index (χ0n) is 10.6. The number of nitrogens with two attached hydrogens (primary N) is 1. The highest BCUT2D eigenvalue weighted by atomic mass is 16.5. The standard InChI is InChI=1S/C11H20N2O5/c1-7(12)3-5-9(14)13-8(11(16)17)4-6-10(15)18-2/h7-8H,3-6,12H2,1-2H3,(H,13,14)(H,16,17)/t7?,8-/m0/s1. The Morgan fingerprint density at radius 3 is 2.33 bits per heavy atom. The molecular formula is C11H20N2O5. The third-order valence-corrected chi connectivity index (χ3v) is 2.32. The molecule has 1 amide bonds. The number of methoxy groups -OCH3 is 1. The Kier molecular flexibility index (Phi) is 7.69. The van der Waals surface area contributed by atoms with E-state index in [1.807, 2.05) is 0 Å². The minimum atomic E-state index is -1.17. The first-order valence-corrected chi connectivity index (χ1v) is 5.71. The van der Waals surface area contributed by atoms with Gasteiger partial charge in [0.1, 0.15) is 6.04 Å². The SMILES string of the molecule is COC(=O)CC[C@H](NC(=O)CCC(C)N)C(=O)O. The van der Waals surface area contributed by atoms with Crippen molar-refractivity contribution in [1.29, 1.82) is 0 Å². The van der Waals surface area contributed by atoms with Gasteiger partial charge in [-0.3, -0.25) is 9.59 Å². The topological polar surface area (TPSA) is 119 Å². The molecule has 7 nitrogen and oxygen atoms in total. The van der Waals surface area contributed by atoms with Crippen LogP contribution in [-0.4, -0.2) is 42.1 Å². The largest absolute Gasteiger partial charge is 0.480 e. The van der Waals surface area contributed by atoms with Gasteiger partial charge in [0.2, 0.25) is 5.91 Å². The van der Waals surface area contributed by atoms with Gasteiger partial charge in [-0.2, -0.15) is 0 Å². The van der Waals surface area contributed by atoms with Crippen molar-refractivity contribution in [1.82, 2.24) is 5.32 Å². The first kappa shape index (κ1) is 16.4. The third kappa shape index (κ3) is 7.61. The first-order chi connectivity index (χ1) is 8.36. The quantitative estimate of drug-likeness (QED) is 0.513. The van der Waals surface area contributed by atoms with Crippen molar-refractivity contribution >= 4 is 17.8 Å². The maximum atomic E-state index is 11.4. The zero-order valence-corrected chi connectivity index (χ0v) is 10.6. The number of esters is 1. The second kappa shape index (κ2) is 8.46. The molecule has 0 saturated carbocycles. The summed E-state index contributed by atoms with van der Waals surface area (Å²) in [4.78, 5) is 33.2. The maximum absolute atomic E-state index is 11.4. The molecule has 104 valence electrons. The van der Waals surface area contributed by atoms with E-state index in [2.05, 4.69) is 10.1 Å². The molecule has 18 heavy (non-hydrogen) atoms. The van der Waals surface area contributed by atoms with Gasteiger partial charge < -0.3 is 20.9 Å². The van der Waals surface area contributed by atoms with E-state index in [9.17, 15) is 14.4 Å². The molecule has 7 heteroatoms. The lowest BCUT2D eigenvalue weighted by molar-refractivity contribution is -0.144. The summed E-state index contributed by atoms with van der Waals surface area (Å²) in [5.74, 6) is -2.07. The summed E-state index contributed by atoms with van der Waals surface area (Å²) in [6.07, 6.45) is 0.599. The van der Waals surface area contributed by atoms with Gasteiger partial charge in [0.25, 0.3) is 0 Å². The molecule has 0 saturated heterocycles. The van der Waals surface area contributed by atoms with Crippen molar-refractivity contribution < 1.29 is 24.2 Å². The van der Waals surface area contributed by atoms with Crippen LogP contribution in [0.3, 0.4) is 0 Å². The predicted molar refractivity (Wildman–Crippen MR) is 63.7 cm³/mol. The van der Waals surface area contributed by atoms with Crippen LogP contribution in [0.15, 0.2) is 0 Å². The van der Waals surface area contributed by atoms with E-state index in [4.69, 9.17) is 10.8 Å². The first-order valence-electron chi connectivity index (χ1n) is 5.71. The predicted octanol–water partition coefficient (Wildman–Crippen LogP) is -0.364. The van der Waals surface area contributed by atoms with Crippen LogP contribution in [0.5, 0.6) is 0 Å². The van der Waals surface area contributed by atoms with Gasteiger partial charge in [-0.15, -0.1) is 0 Å². The number of ether oxygens (including phenoxy) is 1. The van der Waals surface area contributed by atoms with Gasteiger partial charge in [0, 0.05) is 18.9 Å². The number of rotatable bonds is 8. The fourth-order valence-corrected chi connectivity index (χ4v) is 1.25. The smallest absolute Gasteiger partial charge is 0.326 e. The number of nitrogens with one attached hydrogen (secondary N) is 1. The Balaban J connectivity index is 4.15. The molecule has 0 aromatic carbocycles. The molecule has 2 atom stereocenters. The van der Waals surface area contributed by atoms with Gasteiger partial charge in [0.05, 0.1) is 7.11 Å². The third-order valence-electron chi connectivity index (χ3n) is 2.32. The summed E-state index contributed by atoms with van der Waals surface area (Å²) < 4.78 is 4.40. The number of carbonyl (C=O) groups is 3. The number of amides is 1. The Labute approximate surface area is 106 Å². The Morgan fingerprint density at radius 2 is 1.89 bits per heavy atom. The highest BCUT2D eigenvalue weighted by Gasteiger charge is 2.21. The summed E-state index contributed by atoms with van der Waals surface area (Å²) in [6, 6.07) is -1.20. The van der Waals surface area contributed by atoms with Crippen molar-refractivity contribution in [3.63, 3.8) is 0 Å². The lowest BCUT2D eigenvalue weighted by Gasteiger charge is -2.14. The number of carbonyl (C=O) groups excluding carboxylic acids is 2. The van der Waals surface area contributed by atoms with E-state index in [1.165, 1.54) is 7.11 Å². The van der Waals surface area contributed by atoms with Gasteiger partial charge in [-0.25, -0.2) is 4.79 Å². The van der Waals surface area contributed by atoms with Crippen LogP contribution >= 0.6 is 0 Å². The van der Waals surface area contributed by atoms with E-state index in [0.717, 1.165) is 0 Å². The van der Waals surface area contributed by atoms with Gasteiger partial charge in [0.15, 0.2) is 0 Å². The summed E-state index contributed by atoms with van der Waals surface area (Å²) in [7, 11) is 1.22. The second-order valence-corrected chi connectivity index (χ2v) is 4.09. The molecule has 0 aliphatic rings. The van der Waals surface area contributed by atoms with E-state index in [1.54, 1.807) is 6.92 Å². The fourth-order valence-electron chi connectivity index (χ4n) is 1.25. The molecule has 0 heterocycles. The van der Waals surface area contributed by atoms with Crippen molar-refractivity contribution in [2.75, 3.05) is 7.11 Å². The molecule has 1 unspecified atom stereocenters. The van der Waals surface area contributed by atoms with Crippen LogP contribution in [0.1, 0.15) is 32.6 Å². The van der Waals surface area contributed by atoms with Crippen molar-refractivity contribution in [3.8, 4) is 0 Å². The lowest BCUT2D eigenvalue weighted by Crippen LogP contribution is -2.41. The fraction of sp³-hybridized carbons (Fsp3) is 0.727. The van der Waals surface area contributed by atoms with Crippen LogP contribution in [-0.2, 0) is 19.1 Å². The Hall–Kier alpha value is -1.63. The molecule has 0 rings (SSSR count). The van der Waals surface area contributed by atoms with E-state index in [-0.39, 0.29) is 31.2 Å². The molecule has 0 aromatic rings. The Morgan fingerprint density at radius 1 is 1.28 bits per heavy atom. The van der Waals surface area contributed by atoms with Crippen molar-refractivity contribution in [2.24, 2.45) is 5.73 Å². The maximum Gasteiger partial charge on any atom is 0.326 e. The molecule has 0 aliphatic carbocycles. The minimum absolute atomic E-state index is 0.00588. The number of aliphatic carboxylic acids is 1. The average molecular weight is 260 g/mol. The number of carboxylic acids is 1. The summed E-state index contributed by atoms with van der Waals surface area (Å²) in [5.41, 5.74) is 5.49. The number of carboxylic acid groups (broad SMARTS) is 1. The molecule has 0 aromatic heterocycles. The average Bonchev–Trinajstić information content (AvgIpc) is 2.30. The second-order valence-electron chi connectivity index (χ2n) is 4.09. The van der Waals surface area contributed by atoms with Crippen LogP contribution < -0.4 is 11.1 Å². The van der Waals surface area contributed by atoms with E-state index in [0.29, 0.717) is 6.42 Å². The van der Waals surface area contributed by atoms with E-state index >= 15 is 0 Å². The number of hydrogen-bond acceptors (Lipinski definition) is 5. The van der Waals surface area contributed by atoms with Crippen LogP contribution in [0.25, 0.3) is 0 Å². The summed E-state index contributed by atoms with van der Waals surface area (Å²) >= 11 is 0. The van der Waals surface area contributed by atoms with Crippen molar-refractivity contribution in [2.45, 2.75) is 44.7 Å². The highest BCUT2D eigenvalue weighted by Crippen LogP contribution is 2.01. The van der Waals surface area contributed by atoms with Gasteiger partial charge in [-0.1, -0.05) is 0 Å². The number of hydrogen-bond donors (Lipinski definition) is 3. The van der Waals surface area contributed by atoms with Crippen molar-refractivity contribution in [3.05, 3.63) is 0 Å². The Bertz CT molecular complexity index is 304. The van der Waals surface area contributed by atoms with Gasteiger partial charge >= 0.3 is 11.9 Å². The molecule has 0 bridgehead atoms. The summed E-state index contributed by atoms with van der Waals surface area (Å²) in [6.45, 7) is 1.76. The molecule has 0 radical (unpaired) electrons. The lowest BCUT2D eigenvalue weighted by atomic mass is 10.1. The highest BCUT2D eigenvalue weighted by molar-refractivity contribution is 5.84. The molecule has 0 aliphatic heterocycles. The molecule has 0 spiro atoms. The molecule has 0 fully saturated rings. The van der Waals surface area contributed by atoms with Gasteiger partial charge in [-0.05, 0) is 19.8 Å². The summed E-state index contributed by atoms with van der Waals surface area (Å²) in [5, 5.41) is 11.2. The van der Waals surface area contributed by atoms with Crippen LogP contribution in [0.2, 0.25) is 0 Å². The molecule has 4 N–H and O–H groups in total. The van der Waals surface area contributed by atoms with Crippen LogP contribution in [0, 0.1) is 0 Å². The molecular weight excluding hydrogens is 240 g/mol. The normalized spacial score (nSPS) is 13.5. The monoisotopic (exact) mass is 260 g/mol. The zero-order chi connectivity index (χ0) is 14.1. The minimum Gasteiger partial charge on any atom is -0.480 e. The van der Waals surface area contributed by atoms with Crippen LogP contribution in [0.4, 0.5) is 0 Å². The van der Waals surface area contributed by atoms with E-state index < -0.39 is 18.0 Å².